The molecule has 0 aliphatic heterocycles. The Balaban J connectivity index is 1.72. The fourth-order valence-corrected chi connectivity index (χ4v) is 5.04. The van der Waals surface area contributed by atoms with Crippen LogP contribution < -0.4 is 0 Å². The van der Waals surface area contributed by atoms with Gasteiger partial charge in [-0.25, -0.2) is 0 Å². The second-order valence-corrected chi connectivity index (χ2v) is 8.70. The third kappa shape index (κ3) is 2.41. The number of furan rings is 1. The van der Waals surface area contributed by atoms with Gasteiger partial charge in [0.25, 0.3) is 0 Å². The van der Waals surface area contributed by atoms with Crippen molar-refractivity contribution in [3.8, 4) is 22.3 Å². The highest BCUT2D eigenvalue weighted by Gasteiger charge is 2.31. The first-order valence-corrected chi connectivity index (χ1v) is 10.4. The van der Waals surface area contributed by atoms with Gasteiger partial charge >= 0.3 is 0 Å². The SMILES string of the molecule is CC(C)(O)c1c(-c2cccc3c2oc2ccccc23)ccc2c1-c1ccccc1C2. The van der Waals surface area contributed by atoms with Crippen molar-refractivity contribution in [2.75, 3.05) is 0 Å². The van der Waals surface area contributed by atoms with Crippen molar-refractivity contribution in [1.29, 1.82) is 0 Å². The zero-order valence-corrected chi connectivity index (χ0v) is 17.1. The summed E-state index contributed by atoms with van der Waals surface area (Å²) in [5.41, 5.74) is 8.77. The lowest BCUT2D eigenvalue weighted by Crippen LogP contribution is -2.18. The molecule has 1 N–H and O–H groups in total. The van der Waals surface area contributed by atoms with Gasteiger partial charge in [-0.2, -0.15) is 0 Å². The van der Waals surface area contributed by atoms with Gasteiger partial charge in [0, 0.05) is 16.3 Å². The van der Waals surface area contributed by atoms with Gasteiger partial charge in [0.1, 0.15) is 11.2 Å². The van der Waals surface area contributed by atoms with Crippen molar-refractivity contribution in [3.63, 3.8) is 0 Å². The van der Waals surface area contributed by atoms with Crippen LogP contribution in [-0.2, 0) is 12.0 Å². The van der Waals surface area contributed by atoms with Crippen LogP contribution in [0, 0.1) is 0 Å². The Hall–Kier alpha value is -3.36. The Morgan fingerprint density at radius 2 is 1.43 bits per heavy atom. The number of aliphatic hydroxyl groups is 1. The Kier molecular flexibility index (Phi) is 3.54. The van der Waals surface area contributed by atoms with Crippen LogP contribution >= 0.6 is 0 Å². The largest absolute Gasteiger partial charge is 0.455 e. The first kappa shape index (κ1) is 17.5. The van der Waals surface area contributed by atoms with Crippen LogP contribution in [0.25, 0.3) is 44.2 Å². The van der Waals surface area contributed by atoms with E-state index >= 15 is 0 Å². The van der Waals surface area contributed by atoms with Gasteiger partial charge in [0.15, 0.2) is 0 Å². The molecule has 0 bridgehead atoms. The number of benzene rings is 4. The first-order valence-electron chi connectivity index (χ1n) is 10.4. The number of para-hydroxylation sites is 2. The molecule has 4 aromatic carbocycles. The van der Waals surface area contributed by atoms with Crippen LogP contribution in [0.3, 0.4) is 0 Å². The van der Waals surface area contributed by atoms with Gasteiger partial charge in [-0.15, -0.1) is 0 Å². The normalized spacial score (nSPS) is 13.0. The molecule has 0 unspecified atom stereocenters. The molecule has 30 heavy (non-hydrogen) atoms. The standard InChI is InChI=1S/C28H22O2/c1-28(2,29)26-21(15-14-18-16-17-8-3-4-9-19(17)25(18)26)23-12-7-11-22-20-10-5-6-13-24(20)30-27(22)23/h3-15,29H,16H2,1-2H3. The van der Waals surface area contributed by atoms with Crippen molar-refractivity contribution in [1.82, 2.24) is 0 Å². The van der Waals surface area contributed by atoms with Crippen LogP contribution in [0.15, 0.2) is 83.3 Å². The molecule has 2 heteroatoms. The van der Waals surface area contributed by atoms with Crippen molar-refractivity contribution in [3.05, 3.63) is 95.6 Å². The number of rotatable bonds is 2. The molecule has 1 aliphatic rings. The molecule has 1 aromatic heterocycles. The molecule has 0 amide bonds. The lowest BCUT2D eigenvalue weighted by Gasteiger charge is -2.26. The van der Waals surface area contributed by atoms with Crippen molar-refractivity contribution in [2.45, 2.75) is 25.9 Å². The summed E-state index contributed by atoms with van der Waals surface area (Å²) in [5, 5.41) is 13.5. The van der Waals surface area contributed by atoms with E-state index in [9.17, 15) is 5.11 Å². The number of hydrogen-bond donors (Lipinski definition) is 1. The van der Waals surface area contributed by atoms with E-state index in [0.717, 1.165) is 45.0 Å². The van der Waals surface area contributed by atoms with Crippen LogP contribution in [0.2, 0.25) is 0 Å². The van der Waals surface area contributed by atoms with E-state index in [-0.39, 0.29) is 0 Å². The van der Waals surface area contributed by atoms with Gasteiger partial charge in [-0.3, -0.25) is 0 Å². The van der Waals surface area contributed by atoms with E-state index in [1.54, 1.807) is 0 Å². The zero-order valence-electron chi connectivity index (χ0n) is 17.1. The summed E-state index contributed by atoms with van der Waals surface area (Å²) in [6.07, 6.45) is 0.906. The molecule has 6 rings (SSSR count). The average Bonchev–Trinajstić information content (AvgIpc) is 3.30. The monoisotopic (exact) mass is 390 g/mol. The van der Waals surface area contributed by atoms with Crippen LogP contribution in [-0.4, -0.2) is 5.11 Å². The molecule has 2 nitrogen and oxygen atoms in total. The molecular formula is C28H22O2. The highest BCUT2D eigenvalue weighted by atomic mass is 16.3. The Morgan fingerprint density at radius 3 is 2.30 bits per heavy atom. The molecule has 5 aromatic rings. The summed E-state index contributed by atoms with van der Waals surface area (Å²) in [6.45, 7) is 3.76. The number of hydrogen-bond acceptors (Lipinski definition) is 2. The van der Waals surface area contributed by atoms with Crippen molar-refractivity contribution < 1.29 is 9.52 Å². The van der Waals surface area contributed by atoms with Crippen LogP contribution in [0.5, 0.6) is 0 Å². The predicted octanol–water partition coefficient (Wildman–Crippen LogP) is 7.05. The molecule has 0 atom stereocenters. The molecule has 146 valence electrons. The fraction of sp³-hybridized carbons (Fsp3) is 0.143. The molecular weight excluding hydrogens is 368 g/mol. The maximum absolute atomic E-state index is 11.3. The third-order valence-electron chi connectivity index (χ3n) is 6.27. The predicted molar refractivity (Wildman–Crippen MR) is 123 cm³/mol. The lowest BCUT2D eigenvalue weighted by molar-refractivity contribution is 0.0798. The Bertz CT molecular complexity index is 1450. The summed E-state index contributed by atoms with van der Waals surface area (Å²) < 4.78 is 6.31. The highest BCUT2D eigenvalue weighted by Crippen LogP contribution is 2.48. The minimum atomic E-state index is -0.994. The molecule has 0 fully saturated rings. The van der Waals surface area contributed by atoms with Crippen LogP contribution in [0.4, 0.5) is 0 Å². The average molecular weight is 390 g/mol. The molecule has 0 saturated carbocycles. The fourth-order valence-electron chi connectivity index (χ4n) is 5.04. The van der Waals surface area contributed by atoms with Crippen molar-refractivity contribution in [2.24, 2.45) is 0 Å². The summed E-state index contributed by atoms with van der Waals surface area (Å²) in [7, 11) is 0. The molecule has 0 saturated heterocycles. The minimum absolute atomic E-state index is 0.871. The van der Waals surface area contributed by atoms with E-state index in [4.69, 9.17) is 4.42 Å². The summed E-state index contributed by atoms with van der Waals surface area (Å²) in [6, 6.07) is 27.3. The molecule has 0 spiro atoms. The topological polar surface area (TPSA) is 33.4 Å². The molecule has 1 aliphatic carbocycles. The maximum Gasteiger partial charge on any atom is 0.143 e. The number of fused-ring (bicyclic) bond motifs is 6. The Labute approximate surface area is 175 Å². The summed E-state index contributed by atoms with van der Waals surface area (Å²) in [4.78, 5) is 0. The van der Waals surface area contributed by atoms with Gasteiger partial charge < -0.3 is 9.52 Å². The van der Waals surface area contributed by atoms with E-state index < -0.39 is 5.60 Å². The maximum atomic E-state index is 11.3. The molecule has 1 heterocycles. The van der Waals surface area contributed by atoms with Gasteiger partial charge in [-0.05, 0) is 59.7 Å². The first-order chi connectivity index (χ1) is 14.5. The molecule has 0 radical (unpaired) electrons. The van der Waals surface area contributed by atoms with E-state index in [1.807, 2.05) is 32.0 Å². The highest BCUT2D eigenvalue weighted by molar-refractivity contribution is 6.10. The van der Waals surface area contributed by atoms with Crippen molar-refractivity contribution >= 4 is 21.9 Å². The Morgan fingerprint density at radius 1 is 0.700 bits per heavy atom. The smallest absolute Gasteiger partial charge is 0.143 e. The van der Waals surface area contributed by atoms with Crippen LogP contribution in [0.1, 0.15) is 30.5 Å². The minimum Gasteiger partial charge on any atom is -0.455 e. The lowest BCUT2D eigenvalue weighted by atomic mass is 9.82. The summed E-state index contributed by atoms with van der Waals surface area (Å²) in [5.74, 6) is 0. The van der Waals surface area contributed by atoms with E-state index in [1.165, 1.54) is 22.3 Å². The quantitative estimate of drug-likeness (QED) is 0.344. The van der Waals surface area contributed by atoms with E-state index in [0.29, 0.717) is 0 Å². The van der Waals surface area contributed by atoms with Gasteiger partial charge in [-0.1, -0.05) is 72.8 Å². The zero-order chi connectivity index (χ0) is 20.5. The van der Waals surface area contributed by atoms with Gasteiger partial charge in [0.2, 0.25) is 0 Å². The second kappa shape index (κ2) is 6.07. The second-order valence-electron chi connectivity index (χ2n) is 8.70. The van der Waals surface area contributed by atoms with E-state index in [2.05, 4.69) is 60.7 Å². The van der Waals surface area contributed by atoms with Gasteiger partial charge in [0.05, 0.1) is 5.60 Å². The third-order valence-corrected chi connectivity index (χ3v) is 6.27. The summed E-state index contributed by atoms with van der Waals surface area (Å²) >= 11 is 0.